The van der Waals surface area contributed by atoms with E-state index in [2.05, 4.69) is 0 Å². The van der Waals surface area contributed by atoms with Gasteiger partial charge in [-0.05, 0) is 18.2 Å². The largest absolute Gasteiger partial charge is 0.456 e. The van der Waals surface area contributed by atoms with E-state index in [0.29, 0.717) is 16.7 Å². The van der Waals surface area contributed by atoms with Crippen molar-refractivity contribution in [3.8, 4) is 0 Å². The maximum atomic E-state index is 13.7. The zero-order valence-electron chi connectivity index (χ0n) is 9.94. The Morgan fingerprint density at radius 1 is 0.947 bits per heavy atom. The molecule has 2 aromatic carbocycles. The van der Waals surface area contributed by atoms with Gasteiger partial charge in [0.1, 0.15) is 11.6 Å². The maximum Gasteiger partial charge on any atom is 0.169 e. The minimum Gasteiger partial charge on any atom is -0.456 e. The van der Waals surface area contributed by atoms with Crippen LogP contribution in [0, 0.1) is 11.6 Å². The van der Waals surface area contributed by atoms with Crippen LogP contribution in [-0.4, -0.2) is 0 Å². The summed E-state index contributed by atoms with van der Waals surface area (Å²) in [5, 5.41) is 0.613. The molecular weight excluding hydrogens is 248 g/mol. The fourth-order valence-electron chi connectivity index (χ4n) is 2.08. The molecule has 2 N–H and O–H groups in total. The SMILES string of the molecule is NC(c1cc2cccc(F)c2o1)c1ccccc1F. The van der Waals surface area contributed by atoms with Crippen molar-refractivity contribution in [2.24, 2.45) is 5.73 Å². The third-order valence-corrected chi connectivity index (χ3v) is 3.06. The van der Waals surface area contributed by atoms with Crippen LogP contribution in [0.5, 0.6) is 0 Å². The van der Waals surface area contributed by atoms with Crippen molar-refractivity contribution < 1.29 is 13.2 Å². The Hall–Kier alpha value is -2.20. The average molecular weight is 259 g/mol. The number of rotatable bonds is 2. The first-order chi connectivity index (χ1) is 9.16. The van der Waals surface area contributed by atoms with E-state index >= 15 is 0 Å². The molecule has 4 heteroatoms. The first kappa shape index (κ1) is 11.9. The number of hydrogen-bond donors (Lipinski definition) is 1. The van der Waals surface area contributed by atoms with Crippen LogP contribution in [-0.2, 0) is 0 Å². The van der Waals surface area contributed by atoms with E-state index in [1.165, 1.54) is 12.1 Å². The number of para-hydroxylation sites is 1. The Morgan fingerprint density at radius 3 is 2.42 bits per heavy atom. The van der Waals surface area contributed by atoms with Crippen molar-refractivity contribution in [2.45, 2.75) is 6.04 Å². The lowest BCUT2D eigenvalue weighted by Crippen LogP contribution is -2.12. The average Bonchev–Trinajstić information content (AvgIpc) is 2.84. The van der Waals surface area contributed by atoms with Crippen LogP contribution < -0.4 is 5.73 Å². The van der Waals surface area contributed by atoms with Gasteiger partial charge in [-0.25, -0.2) is 8.78 Å². The summed E-state index contributed by atoms with van der Waals surface area (Å²) < 4.78 is 32.6. The number of hydrogen-bond acceptors (Lipinski definition) is 2. The Morgan fingerprint density at radius 2 is 1.68 bits per heavy atom. The topological polar surface area (TPSA) is 39.2 Å². The van der Waals surface area contributed by atoms with E-state index in [-0.39, 0.29) is 5.58 Å². The Balaban J connectivity index is 2.10. The fraction of sp³-hybridized carbons (Fsp3) is 0.0667. The molecule has 0 saturated heterocycles. The standard InChI is InChI=1S/C15H11F2NO/c16-11-6-2-1-5-10(11)14(18)13-8-9-4-3-7-12(17)15(9)19-13/h1-8,14H,18H2. The molecule has 0 fully saturated rings. The molecule has 2 nitrogen and oxygen atoms in total. The van der Waals surface area contributed by atoms with Crippen LogP contribution in [0.1, 0.15) is 17.4 Å². The Bertz CT molecular complexity index is 736. The van der Waals surface area contributed by atoms with Gasteiger partial charge in [-0.1, -0.05) is 30.3 Å². The highest BCUT2D eigenvalue weighted by molar-refractivity contribution is 5.78. The summed E-state index contributed by atoms with van der Waals surface area (Å²) in [6.45, 7) is 0. The van der Waals surface area contributed by atoms with Gasteiger partial charge >= 0.3 is 0 Å². The number of benzene rings is 2. The fourth-order valence-corrected chi connectivity index (χ4v) is 2.08. The van der Waals surface area contributed by atoms with E-state index in [1.807, 2.05) is 0 Å². The Labute approximate surface area is 108 Å². The molecule has 1 atom stereocenters. The highest BCUT2D eigenvalue weighted by atomic mass is 19.1. The third-order valence-electron chi connectivity index (χ3n) is 3.06. The van der Waals surface area contributed by atoms with Crippen LogP contribution in [0.25, 0.3) is 11.0 Å². The highest BCUT2D eigenvalue weighted by Gasteiger charge is 2.18. The molecule has 1 aromatic heterocycles. The number of nitrogens with two attached hydrogens (primary N) is 1. The van der Waals surface area contributed by atoms with Crippen LogP contribution in [0.2, 0.25) is 0 Å². The zero-order valence-corrected chi connectivity index (χ0v) is 9.94. The molecular formula is C15H11F2NO. The minimum atomic E-state index is -0.756. The Kier molecular flexibility index (Phi) is 2.80. The molecule has 1 unspecified atom stereocenters. The molecule has 0 radical (unpaired) electrons. The van der Waals surface area contributed by atoms with Crippen molar-refractivity contribution in [1.82, 2.24) is 0 Å². The minimum absolute atomic E-state index is 0.143. The molecule has 96 valence electrons. The van der Waals surface area contributed by atoms with Crippen LogP contribution in [0.3, 0.4) is 0 Å². The summed E-state index contributed by atoms with van der Waals surface area (Å²) in [5.41, 5.74) is 6.44. The summed E-state index contributed by atoms with van der Waals surface area (Å²) >= 11 is 0. The lowest BCUT2D eigenvalue weighted by atomic mass is 10.0. The molecule has 19 heavy (non-hydrogen) atoms. The second-order valence-corrected chi connectivity index (χ2v) is 4.31. The van der Waals surface area contributed by atoms with Crippen LogP contribution in [0.4, 0.5) is 8.78 Å². The summed E-state index contributed by atoms with van der Waals surface area (Å²) in [6, 6.07) is 11.7. The van der Waals surface area contributed by atoms with E-state index < -0.39 is 17.7 Å². The van der Waals surface area contributed by atoms with Gasteiger partial charge in [-0.2, -0.15) is 0 Å². The molecule has 1 heterocycles. The van der Waals surface area contributed by atoms with Gasteiger partial charge in [0, 0.05) is 10.9 Å². The van der Waals surface area contributed by atoms with Gasteiger partial charge in [0.25, 0.3) is 0 Å². The van der Waals surface area contributed by atoms with Crippen molar-refractivity contribution in [2.75, 3.05) is 0 Å². The lowest BCUT2D eigenvalue weighted by Gasteiger charge is -2.09. The normalized spacial score (nSPS) is 12.8. The maximum absolute atomic E-state index is 13.7. The van der Waals surface area contributed by atoms with E-state index in [1.54, 1.807) is 36.4 Å². The second-order valence-electron chi connectivity index (χ2n) is 4.31. The second kappa shape index (κ2) is 4.48. The van der Waals surface area contributed by atoms with Gasteiger partial charge in [0.15, 0.2) is 11.4 Å². The molecule has 3 rings (SSSR count). The van der Waals surface area contributed by atoms with Crippen molar-refractivity contribution in [3.63, 3.8) is 0 Å². The molecule has 0 aliphatic carbocycles. The number of halogens is 2. The molecule has 0 amide bonds. The van der Waals surface area contributed by atoms with Crippen molar-refractivity contribution in [3.05, 3.63) is 71.5 Å². The van der Waals surface area contributed by atoms with Crippen molar-refractivity contribution in [1.29, 1.82) is 0 Å². The summed E-state index contributed by atoms with van der Waals surface area (Å²) in [4.78, 5) is 0. The molecule has 0 saturated carbocycles. The smallest absolute Gasteiger partial charge is 0.169 e. The van der Waals surface area contributed by atoms with E-state index in [9.17, 15) is 8.78 Å². The predicted octanol–water partition coefficient (Wildman–Crippen LogP) is 3.76. The van der Waals surface area contributed by atoms with Crippen molar-refractivity contribution >= 4 is 11.0 Å². The number of fused-ring (bicyclic) bond motifs is 1. The lowest BCUT2D eigenvalue weighted by molar-refractivity contribution is 0.492. The molecule has 0 bridgehead atoms. The van der Waals surface area contributed by atoms with Gasteiger partial charge < -0.3 is 10.2 Å². The first-order valence-corrected chi connectivity index (χ1v) is 5.85. The summed E-state index contributed by atoms with van der Waals surface area (Å²) in [7, 11) is 0. The monoisotopic (exact) mass is 259 g/mol. The van der Waals surface area contributed by atoms with Gasteiger partial charge in [-0.15, -0.1) is 0 Å². The molecule has 0 aliphatic heterocycles. The molecule has 0 aliphatic rings. The zero-order chi connectivity index (χ0) is 13.4. The summed E-state index contributed by atoms with van der Waals surface area (Å²) in [5.74, 6) is -0.523. The van der Waals surface area contributed by atoms with Gasteiger partial charge in [0.2, 0.25) is 0 Å². The molecule has 3 aromatic rings. The summed E-state index contributed by atoms with van der Waals surface area (Å²) in [6.07, 6.45) is 0. The van der Waals surface area contributed by atoms with Crippen LogP contribution >= 0.6 is 0 Å². The van der Waals surface area contributed by atoms with E-state index in [0.717, 1.165) is 0 Å². The van der Waals surface area contributed by atoms with Gasteiger partial charge in [-0.3, -0.25) is 0 Å². The van der Waals surface area contributed by atoms with Gasteiger partial charge in [0.05, 0.1) is 6.04 Å². The quantitative estimate of drug-likeness (QED) is 0.761. The van der Waals surface area contributed by atoms with E-state index in [4.69, 9.17) is 10.2 Å². The molecule has 0 spiro atoms. The first-order valence-electron chi connectivity index (χ1n) is 5.85. The predicted molar refractivity (Wildman–Crippen MR) is 68.6 cm³/mol. The van der Waals surface area contributed by atoms with Crippen LogP contribution in [0.15, 0.2) is 52.9 Å². The third kappa shape index (κ3) is 2.00. The number of furan rings is 1. The highest BCUT2D eigenvalue weighted by Crippen LogP contribution is 2.29.